The minimum absolute atomic E-state index is 0.00318. The highest BCUT2D eigenvalue weighted by atomic mass is 32.2. The van der Waals surface area contributed by atoms with Gasteiger partial charge in [-0.25, -0.2) is 9.59 Å². The van der Waals surface area contributed by atoms with E-state index in [2.05, 4.69) is 15.5 Å². The Bertz CT molecular complexity index is 1280. The monoisotopic (exact) mass is 524 g/mol. The van der Waals surface area contributed by atoms with Gasteiger partial charge >= 0.3 is 11.9 Å². The molecule has 1 aromatic heterocycles. The number of thioether (sulfide) groups is 1. The minimum Gasteiger partial charge on any atom is -0.490 e. The molecule has 10 nitrogen and oxygen atoms in total. The van der Waals surface area contributed by atoms with Gasteiger partial charge in [-0.15, -0.1) is 10.2 Å². The second kappa shape index (κ2) is 11.9. The third kappa shape index (κ3) is 6.29. The van der Waals surface area contributed by atoms with Crippen molar-refractivity contribution in [3.05, 3.63) is 53.6 Å². The van der Waals surface area contributed by atoms with E-state index in [1.54, 1.807) is 0 Å². The molecule has 1 fully saturated rings. The van der Waals surface area contributed by atoms with Crippen molar-refractivity contribution in [1.82, 2.24) is 14.8 Å². The number of carbonyl (C=O) groups is 3. The van der Waals surface area contributed by atoms with Crippen molar-refractivity contribution >= 4 is 35.3 Å². The second-order valence-corrected chi connectivity index (χ2v) is 9.44. The van der Waals surface area contributed by atoms with E-state index in [1.807, 2.05) is 35.9 Å². The van der Waals surface area contributed by atoms with Crippen molar-refractivity contribution in [2.24, 2.45) is 7.05 Å². The van der Waals surface area contributed by atoms with Crippen molar-refractivity contribution < 1.29 is 28.6 Å². The minimum atomic E-state index is -0.642. The molecule has 1 N–H and O–H groups in total. The van der Waals surface area contributed by atoms with Gasteiger partial charge in [0.2, 0.25) is 5.91 Å². The average molecular weight is 525 g/mol. The number of aromatic nitrogens is 3. The van der Waals surface area contributed by atoms with E-state index < -0.39 is 17.8 Å². The number of nitrogens with zero attached hydrogens (tertiary/aromatic N) is 3. The fraction of sp³-hybridized carbons (Fsp3) is 0.346. The molecule has 3 aromatic rings. The van der Waals surface area contributed by atoms with Gasteiger partial charge in [0.1, 0.15) is 5.75 Å². The molecule has 0 unspecified atom stereocenters. The highest BCUT2D eigenvalue weighted by Crippen LogP contribution is 2.28. The highest BCUT2D eigenvalue weighted by molar-refractivity contribution is 7.99. The molecule has 194 valence electrons. The Kier molecular flexibility index (Phi) is 8.44. The number of anilines is 1. The quantitative estimate of drug-likeness (QED) is 0.325. The number of esters is 2. The van der Waals surface area contributed by atoms with Crippen LogP contribution in [0.15, 0.2) is 47.6 Å². The second-order valence-electron chi connectivity index (χ2n) is 8.49. The molecule has 0 radical (unpaired) electrons. The summed E-state index contributed by atoms with van der Waals surface area (Å²) in [6.45, 7) is 0. The molecule has 0 aliphatic heterocycles. The third-order valence-corrected chi connectivity index (χ3v) is 7.03. The van der Waals surface area contributed by atoms with Crippen LogP contribution in [-0.2, 0) is 21.3 Å². The topological polar surface area (TPSA) is 122 Å². The predicted molar refractivity (Wildman–Crippen MR) is 138 cm³/mol. The largest absolute Gasteiger partial charge is 0.490 e. The first kappa shape index (κ1) is 26.2. The Morgan fingerprint density at radius 1 is 1.00 bits per heavy atom. The van der Waals surface area contributed by atoms with Crippen molar-refractivity contribution in [3.63, 3.8) is 0 Å². The van der Waals surface area contributed by atoms with Crippen LogP contribution in [0.1, 0.15) is 46.4 Å². The van der Waals surface area contributed by atoms with Crippen LogP contribution in [0.2, 0.25) is 0 Å². The summed E-state index contributed by atoms with van der Waals surface area (Å²) >= 11 is 1.19. The molecular weight excluding hydrogens is 496 g/mol. The molecule has 1 amide bonds. The molecule has 0 atom stereocenters. The number of hydrogen-bond acceptors (Lipinski definition) is 9. The van der Waals surface area contributed by atoms with Crippen LogP contribution in [0.25, 0.3) is 11.4 Å². The van der Waals surface area contributed by atoms with Gasteiger partial charge in [-0.3, -0.25) is 4.79 Å². The molecule has 1 aliphatic rings. The lowest BCUT2D eigenvalue weighted by atomic mass is 10.1. The molecule has 0 spiro atoms. The lowest BCUT2D eigenvalue weighted by Gasteiger charge is -2.13. The average Bonchev–Trinajstić information content (AvgIpc) is 3.56. The SMILES string of the molecule is COC(=O)c1ccc(C(=O)OC)c(NC(=O)CSc2nnc(-c3ccc(OC4CCCC4)cc3)n2C)c1. The first-order valence-electron chi connectivity index (χ1n) is 11.8. The van der Waals surface area contributed by atoms with Crippen molar-refractivity contribution in [2.45, 2.75) is 36.9 Å². The molecule has 1 aliphatic carbocycles. The predicted octanol–water partition coefficient (Wildman–Crippen LogP) is 4.11. The van der Waals surface area contributed by atoms with Gasteiger partial charge in [-0.2, -0.15) is 0 Å². The smallest absolute Gasteiger partial charge is 0.339 e. The highest BCUT2D eigenvalue weighted by Gasteiger charge is 2.19. The number of amides is 1. The van der Waals surface area contributed by atoms with Crippen LogP contribution < -0.4 is 10.1 Å². The van der Waals surface area contributed by atoms with Gasteiger partial charge in [0.05, 0.1) is 42.9 Å². The van der Waals surface area contributed by atoms with Crippen LogP contribution in [0, 0.1) is 0 Å². The van der Waals surface area contributed by atoms with Gasteiger partial charge < -0.3 is 24.1 Å². The summed E-state index contributed by atoms with van der Waals surface area (Å²) < 4.78 is 17.3. The number of carbonyl (C=O) groups excluding carboxylic acids is 3. The number of ether oxygens (including phenoxy) is 3. The Balaban J connectivity index is 1.40. The Morgan fingerprint density at radius 3 is 2.38 bits per heavy atom. The van der Waals surface area contributed by atoms with Gasteiger partial charge in [0, 0.05) is 12.6 Å². The van der Waals surface area contributed by atoms with Crippen LogP contribution in [0.5, 0.6) is 5.75 Å². The summed E-state index contributed by atoms with van der Waals surface area (Å²) in [6, 6.07) is 12.0. The molecular formula is C26H28N4O6S. The van der Waals surface area contributed by atoms with Gasteiger partial charge in [0.15, 0.2) is 11.0 Å². The van der Waals surface area contributed by atoms with Crippen molar-refractivity contribution in [2.75, 3.05) is 25.3 Å². The molecule has 4 rings (SSSR count). The summed E-state index contributed by atoms with van der Waals surface area (Å²) in [5, 5.41) is 11.7. The summed E-state index contributed by atoms with van der Waals surface area (Å²) in [6.07, 6.45) is 4.92. The zero-order valence-corrected chi connectivity index (χ0v) is 21.7. The van der Waals surface area contributed by atoms with E-state index in [0.717, 1.165) is 24.2 Å². The van der Waals surface area contributed by atoms with E-state index in [1.165, 1.54) is 57.0 Å². The van der Waals surface area contributed by atoms with Crippen LogP contribution in [-0.4, -0.2) is 58.7 Å². The van der Waals surface area contributed by atoms with E-state index >= 15 is 0 Å². The van der Waals surface area contributed by atoms with Crippen molar-refractivity contribution in [3.8, 4) is 17.1 Å². The third-order valence-electron chi connectivity index (χ3n) is 6.00. The number of rotatable bonds is 9. The fourth-order valence-corrected chi connectivity index (χ4v) is 4.78. The maximum Gasteiger partial charge on any atom is 0.339 e. The summed E-state index contributed by atoms with van der Waals surface area (Å²) in [5.74, 6) is -0.123. The Hall–Kier alpha value is -3.86. The lowest BCUT2D eigenvalue weighted by molar-refractivity contribution is -0.113. The lowest BCUT2D eigenvalue weighted by Crippen LogP contribution is -2.18. The zero-order chi connectivity index (χ0) is 26.4. The van der Waals surface area contributed by atoms with Gasteiger partial charge in [-0.1, -0.05) is 11.8 Å². The van der Waals surface area contributed by atoms with Gasteiger partial charge in [0.25, 0.3) is 0 Å². The van der Waals surface area contributed by atoms with E-state index in [9.17, 15) is 14.4 Å². The molecule has 0 bridgehead atoms. The molecule has 37 heavy (non-hydrogen) atoms. The first-order valence-corrected chi connectivity index (χ1v) is 12.8. The molecule has 2 aromatic carbocycles. The van der Waals surface area contributed by atoms with Gasteiger partial charge in [-0.05, 0) is 68.1 Å². The fourth-order valence-electron chi connectivity index (χ4n) is 4.07. The Morgan fingerprint density at radius 2 is 1.70 bits per heavy atom. The van der Waals surface area contributed by atoms with Crippen LogP contribution in [0.4, 0.5) is 5.69 Å². The van der Waals surface area contributed by atoms with Crippen LogP contribution in [0.3, 0.4) is 0 Å². The van der Waals surface area contributed by atoms with E-state index in [4.69, 9.17) is 14.2 Å². The Labute approximate surface area is 218 Å². The number of benzene rings is 2. The summed E-state index contributed by atoms with van der Waals surface area (Å²) in [7, 11) is 4.31. The van der Waals surface area contributed by atoms with Crippen LogP contribution >= 0.6 is 11.8 Å². The maximum atomic E-state index is 12.7. The van der Waals surface area contributed by atoms with E-state index in [0.29, 0.717) is 17.1 Å². The molecule has 11 heteroatoms. The van der Waals surface area contributed by atoms with Crippen molar-refractivity contribution in [1.29, 1.82) is 0 Å². The normalized spacial score (nSPS) is 13.3. The molecule has 0 saturated heterocycles. The molecule has 1 heterocycles. The first-order chi connectivity index (χ1) is 17.9. The summed E-state index contributed by atoms with van der Waals surface area (Å²) in [5.41, 5.74) is 1.34. The summed E-state index contributed by atoms with van der Waals surface area (Å²) in [4.78, 5) is 36.7. The number of nitrogens with one attached hydrogen (secondary N) is 1. The standard InChI is InChI=1S/C26H28N4O6S/c1-30-23(16-8-11-19(12-9-16)36-18-6-4-5-7-18)28-29-26(30)37-15-22(31)27-21-14-17(24(32)34-2)10-13-20(21)25(33)35-3/h8-14,18H,4-7,15H2,1-3H3,(H,27,31). The molecule has 1 saturated carbocycles. The number of hydrogen-bond donors (Lipinski definition) is 1. The van der Waals surface area contributed by atoms with E-state index in [-0.39, 0.29) is 22.6 Å². The zero-order valence-electron chi connectivity index (χ0n) is 20.9. The maximum absolute atomic E-state index is 12.7. The number of methoxy groups -OCH3 is 2.